The van der Waals surface area contributed by atoms with Gasteiger partial charge in [-0.25, -0.2) is 13.6 Å². The Morgan fingerprint density at radius 2 is 2.00 bits per heavy atom. The maximum absolute atomic E-state index is 14.8. The van der Waals surface area contributed by atoms with E-state index in [1.165, 1.54) is 12.1 Å². The highest BCUT2D eigenvalue weighted by Gasteiger charge is 2.50. The number of nitrogens with zero attached hydrogens (tertiary/aromatic N) is 2. The Bertz CT molecular complexity index is 788. The molecule has 0 aliphatic carbocycles. The molecule has 1 saturated heterocycles. The van der Waals surface area contributed by atoms with Crippen molar-refractivity contribution in [2.45, 2.75) is 51.2 Å². The van der Waals surface area contributed by atoms with Crippen LogP contribution in [0.4, 0.5) is 13.6 Å². The Kier molecular flexibility index (Phi) is 8.62. The first-order valence-corrected chi connectivity index (χ1v) is 10.4. The van der Waals surface area contributed by atoms with E-state index >= 15 is 0 Å². The van der Waals surface area contributed by atoms with Crippen LogP contribution in [0.3, 0.4) is 0 Å². The predicted molar refractivity (Wildman–Crippen MR) is 113 cm³/mol. The number of rotatable bonds is 7. The number of likely N-dealkylation sites (N-methyl/N-ethyl adjacent to an activating group) is 1. The van der Waals surface area contributed by atoms with Crippen LogP contribution in [0.15, 0.2) is 18.2 Å². The van der Waals surface area contributed by atoms with E-state index in [0.717, 1.165) is 4.90 Å². The summed E-state index contributed by atoms with van der Waals surface area (Å²) in [4.78, 5) is 28.5. The molecule has 1 aliphatic rings. The van der Waals surface area contributed by atoms with Crippen molar-refractivity contribution in [2.75, 3.05) is 33.8 Å². The largest absolute Gasteiger partial charge is 0.444 e. The summed E-state index contributed by atoms with van der Waals surface area (Å²) >= 11 is 5.78. The average molecular weight is 462 g/mol. The maximum Gasteiger partial charge on any atom is 0.411 e. The van der Waals surface area contributed by atoms with Crippen LogP contribution in [0, 0.1) is 5.82 Å². The third-order valence-corrected chi connectivity index (χ3v) is 4.90. The molecule has 7 nitrogen and oxygen atoms in total. The molecule has 1 fully saturated rings. The summed E-state index contributed by atoms with van der Waals surface area (Å²) in [5, 5.41) is 2.49. The minimum Gasteiger partial charge on any atom is -0.444 e. The quantitative estimate of drug-likeness (QED) is 0.676. The molecule has 0 saturated carbocycles. The molecule has 0 unspecified atom stereocenters. The number of carbonyl (C=O) groups is 2. The first-order valence-electron chi connectivity index (χ1n) is 10.0. The maximum atomic E-state index is 14.8. The van der Waals surface area contributed by atoms with E-state index < -0.39 is 41.7 Å². The first kappa shape index (κ1) is 25.3. The van der Waals surface area contributed by atoms with Crippen LogP contribution in [0.1, 0.15) is 26.3 Å². The van der Waals surface area contributed by atoms with Crippen molar-refractivity contribution in [3.63, 3.8) is 0 Å². The highest BCUT2D eigenvalue weighted by Crippen LogP contribution is 2.27. The highest BCUT2D eigenvalue weighted by molar-refractivity contribution is 6.30. The van der Waals surface area contributed by atoms with E-state index in [1.54, 1.807) is 26.8 Å². The van der Waals surface area contributed by atoms with Gasteiger partial charge >= 0.3 is 6.09 Å². The molecule has 0 aromatic heterocycles. The number of alkyl halides is 1. The average Bonchev–Trinajstić information content (AvgIpc) is 2.98. The summed E-state index contributed by atoms with van der Waals surface area (Å²) in [6.45, 7) is 5.20. The van der Waals surface area contributed by atoms with E-state index in [0.29, 0.717) is 6.54 Å². The van der Waals surface area contributed by atoms with Crippen molar-refractivity contribution in [2.24, 2.45) is 0 Å². The van der Waals surface area contributed by atoms with Gasteiger partial charge in [0.2, 0.25) is 5.91 Å². The van der Waals surface area contributed by atoms with Gasteiger partial charge in [0.15, 0.2) is 0 Å². The molecule has 174 valence electrons. The lowest BCUT2D eigenvalue weighted by Gasteiger charge is -2.29. The summed E-state index contributed by atoms with van der Waals surface area (Å²) < 4.78 is 39.9. The zero-order chi connectivity index (χ0) is 23.3. The number of hydrogen-bond donors (Lipinski definition) is 1. The fourth-order valence-corrected chi connectivity index (χ4v) is 3.31. The predicted octanol–water partition coefficient (Wildman–Crippen LogP) is 3.00. The third-order valence-electron chi connectivity index (χ3n) is 4.60. The van der Waals surface area contributed by atoms with Gasteiger partial charge in [0.1, 0.15) is 29.7 Å². The minimum absolute atomic E-state index is 0.0725. The molecule has 0 bridgehead atoms. The van der Waals surface area contributed by atoms with E-state index in [2.05, 4.69) is 5.32 Å². The second kappa shape index (κ2) is 10.6. The topological polar surface area (TPSA) is 71.1 Å². The van der Waals surface area contributed by atoms with Gasteiger partial charge in [-0.15, -0.1) is 0 Å². The molecule has 0 spiro atoms. The lowest BCUT2D eigenvalue weighted by atomic mass is 10.1. The van der Waals surface area contributed by atoms with Crippen molar-refractivity contribution < 1.29 is 27.8 Å². The molecule has 1 N–H and O–H groups in total. The fraction of sp³-hybridized carbons (Fsp3) is 0.619. The Morgan fingerprint density at radius 1 is 1.32 bits per heavy atom. The van der Waals surface area contributed by atoms with Crippen molar-refractivity contribution in [1.82, 2.24) is 15.1 Å². The summed E-state index contributed by atoms with van der Waals surface area (Å²) in [6, 6.07) is 3.17. The first-order chi connectivity index (χ1) is 14.4. The summed E-state index contributed by atoms with van der Waals surface area (Å²) in [5.41, 5.74) is -0.651. The minimum atomic E-state index is -1.58. The molecular formula is C21H30ClF2N3O4. The van der Waals surface area contributed by atoms with Crippen LogP contribution in [0.25, 0.3) is 0 Å². The van der Waals surface area contributed by atoms with Gasteiger partial charge in [-0.2, -0.15) is 0 Å². The number of benzene rings is 1. The number of hydrogen-bond acceptors (Lipinski definition) is 5. The van der Waals surface area contributed by atoms with E-state index in [-0.39, 0.29) is 30.3 Å². The van der Waals surface area contributed by atoms with Crippen molar-refractivity contribution >= 4 is 23.6 Å². The Labute approximate surface area is 186 Å². The second-order valence-corrected chi connectivity index (χ2v) is 9.07. The van der Waals surface area contributed by atoms with Gasteiger partial charge in [0.25, 0.3) is 0 Å². The van der Waals surface area contributed by atoms with Crippen LogP contribution in [0.5, 0.6) is 0 Å². The van der Waals surface area contributed by atoms with Crippen molar-refractivity contribution in [3.8, 4) is 0 Å². The van der Waals surface area contributed by atoms with E-state index in [1.807, 2.05) is 19.0 Å². The van der Waals surface area contributed by atoms with Gasteiger partial charge in [0.05, 0.1) is 18.2 Å². The normalized spacial score (nSPS) is 21.5. The zero-order valence-corrected chi connectivity index (χ0v) is 19.2. The molecule has 1 aromatic carbocycles. The molecule has 31 heavy (non-hydrogen) atoms. The summed E-state index contributed by atoms with van der Waals surface area (Å²) in [5.74, 6) is -1.32. The molecule has 2 amide bonds. The SMILES string of the molecule is CN(C)CCO[C@H]1[C@@H](C(=O)NCc2cccc(Cl)c2F)N(C(=O)OC(C)(C)C)C[C@@H]1F. The fourth-order valence-electron chi connectivity index (χ4n) is 3.12. The molecule has 10 heteroatoms. The highest BCUT2D eigenvalue weighted by atomic mass is 35.5. The summed E-state index contributed by atoms with van der Waals surface area (Å²) in [6.07, 6.45) is -3.56. The lowest BCUT2D eigenvalue weighted by Crippen LogP contribution is -2.52. The van der Waals surface area contributed by atoms with Gasteiger partial charge in [-0.05, 0) is 40.9 Å². The monoisotopic (exact) mass is 461 g/mol. The Balaban J connectivity index is 2.19. The smallest absolute Gasteiger partial charge is 0.411 e. The second-order valence-electron chi connectivity index (χ2n) is 8.66. The van der Waals surface area contributed by atoms with Crippen LogP contribution >= 0.6 is 11.6 Å². The number of ether oxygens (including phenoxy) is 2. The molecule has 1 heterocycles. The van der Waals surface area contributed by atoms with Crippen LogP contribution in [0.2, 0.25) is 5.02 Å². The molecular weight excluding hydrogens is 432 g/mol. The van der Waals surface area contributed by atoms with Gasteiger partial charge < -0.3 is 19.7 Å². The number of carbonyl (C=O) groups excluding carboxylic acids is 2. The number of likely N-dealkylation sites (tertiary alicyclic amines) is 1. The Morgan fingerprint density at radius 3 is 2.61 bits per heavy atom. The lowest BCUT2D eigenvalue weighted by molar-refractivity contribution is -0.130. The molecule has 1 aliphatic heterocycles. The van der Waals surface area contributed by atoms with Crippen LogP contribution in [-0.2, 0) is 20.8 Å². The standard InChI is InChI=1S/C21H30ClF2N3O4/c1-21(2,3)31-20(29)27-12-15(23)18(30-10-9-26(4)5)17(27)19(28)25-11-13-7-6-8-14(22)16(13)24/h6-8,15,17-18H,9-12H2,1-5H3,(H,25,28)/t15-,17-,18+/m0/s1. The Hall–Kier alpha value is -1.97. The van der Waals surface area contributed by atoms with E-state index in [9.17, 15) is 18.4 Å². The number of amides is 2. The van der Waals surface area contributed by atoms with E-state index in [4.69, 9.17) is 21.1 Å². The van der Waals surface area contributed by atoms with Crippen LogP contribution < -0.4 is 5.32 Å². The third kappa shape index (κ3) is 7.02. The number of nitrogens with one attached hydrogen (secondary N) is 1. The molecule has 2 rings (SSSR count). The zero-order valence-electron chi connectivity index (χ0n) is 18.5. The molecule has 3 atom stereocenters. The van der Waals surface area contributed by atoms with Gasteiger partial charge in [-0.1, -0.05) is 23.7 Å². The summed E-state index contributed by atoms with van der Waals surface area (Å²) in [7, 11) is 3.67. The molecule has 0 radical (unpaired) electrons. The number of halogens is 3. The van der Waals surface area contributed by atoms with Gasteiger partial charge in [0, 0.05) is 18.7 Å². The van der Waals surface area contributed by atoms with Crippen molar-refractivity contribution in [1.29, 1.82) is 0 Å². The molecule has 1 aromatic rings. The van der Waals surface area contributed by atoms with Crippen LogP contribution in [-0.4, -0.2) is 79.5 Å². The van der Waals surface area contributed by atoms with Gasteiger partial charge in [-0.3, -0.25) is 9.69 Å². The van der Waals surface area contributed by atoms with Crippen molar-refractivity contribution in [3.05, 3.63) is 34.6 Å².